The first-order chi connectivity index (χ1) is 10.4. The summed E-state index contributed by atoms with van der Waals surface area (Å²) in [6.45, 7) is 0.00153. The molecule has 0 bridgehead atoms. The van der Waals surface area contributed by atoms with E-state index in [1.807, 2.05) is 18.2 Å². The number of hydrogen-bond acceptors (Lipinski definition) is 3. The van der Waals surface area contributed by atoms with E-state index < -0.39 is 0 Å². The van der Waals surface area contributed by atoms with Gasteiger partial charge in [-0.1, -0.05) is 42.5 Å². The van der Waals surface area contributed by atoms with Crippen LogP contribution < -0.4 is 20.7 Å². The molecule has 1 aliphatic rings. The van der Waals surface area contributed by atoms with Gasteiger partial charge in [0.2, 0.25) is 0 Å². The largest absolute Gasteiger partial charge is 0.497 e. The van der Waals surface area contributed by atoms with Gasteiger partial charge < -0.3 is 15.2 Å². The highest BCUT2D eigenvalue weighted by Gasteiger charge is 2.27. The van der Waals surface area contributed by atoms with Gasteiger partial charge in [-0.2, -0.15) is 0 Å². The van der Waals surface area contributed by atoms with Crippen LogP contribution in [0.5, 0.6) is 5.75 Å². The predicted molar refractivity (Wildman–Crippen MR) is 89.6 cm³/mol. The molecule has 102 valence electrons. The van der Waals surface area contributed by atoms with Gasteiger partial charge in [-0.15, -0.1) is 0 Å². The van der Waals surface area contributed by atoms with E-state index in [9.17, 15) is 0 Å². The molecule has 0 amide bonds. The number of rotatable bonds is 2. The summed E-state index contributed by atoms with van der Waals surface area (Å²) in [5, 5.41) is 9.60. The van der Waals surface area contributed by atoms with Crippen molar-refractivity contribution in [2.24, 2.45) is 0 Å². The molecule has 0 unspecified atom stereocenters. The third kappa shape index (κ3) is 1.91. The van der Waals surface area contributed by atoms with Crippen LogP contribution in [0.1, 0.15) is 0 Å². The molecule has 0 fully saturated rings. The Balaban J connectivity index is 1.83. The van der Waals surface area contributed by atoms with E-state index in [2.05, 4.69) is 52.9 Å². The molecule has 0 radical (unpaired) electrons. The molecule has 0 saturated carbocycles. The molecule has 2 N–H and O–H groups in total. The lowest BCUT2D eigenvalue weighted by molar-refractivity contribution is 0.418. The minimum atomic E-state index is 0.00153. The summed E-state index contributed by atoms with van der Waals surface area (Å²) in [5.41, 5.74) is 3.40. The summed E-state index contributed by atoms with van der Waals surface area (Å²) >= 11 is 0. The Labute approximate surface area is 124 Å². The fourth-order valence-corrected chi connectivity index (χ4v) is 2.99. The Morgan fingerprint density at radius 2 is 1.48 bits per heavy atom. The molecule has 3 aromatic rings. The Kier molecular flexibility index (Phi) is 2.74. The quantitative estimate of drug-likeness (QED) is 0.704. The number of ether oxygens (including phenoxy) is 1. The fourth-order valence-electron chi connectivity index (χ4n) is 2.99. The highest BCUT2D eigenvalue weighted by atomic mass is 16.5. The van der Waals surface area contributed by atoms with E-state index in [-0.39, 0.29) is 6.98 Å². The van der Waals surface area contributed by atoms with Crippen molar-refractivity contribution in [3.8, 4) is 5.75 Å². The standard InChI is InChI=1S/C17H15BN2O/c1-21-16-11-3-2-8-13(16)18-19-14-9-4-6-12-7-5-10-15(20-18)17(12)14/h2-11,19-20H,1H3. The first-order valence-corrected chi connectivity index (χ1v) is 7.04. The smallest absolute Gasteiger partial charge is 0.409 e. The lowest BCUT2D eigenvalue weighted by Gasteiger charge is -2.27. The average Bonchev–Trinajstić information content (AvgIpc) is 2.55. The Morgan fingerprint density at radius 3 is 2.14 bits per heavy atom. The van der Waals surface area contributed by atoms with Gasteiger partial charge in [-0.25, -0.2) is 0 Å². The molecule has 1 aliphatic heterocycles. The molecular formula is C17H15BN2O. The second-order valence-corrected chi connectivity index (χ2v) is 5.17. The van der Waals surface area contributed by atoms with Crippen LogP contribution in [0.4, 0.5) is 11.4 Å². The second-order valence-electron chi connectivity index (χ2n) is 5.17. The summed E-state index contributed by atoms with van der Waals surface area (Å²) in [7, 11) is 1.70. The molecule has 0 saturated heterocycles. The van der Waals surface area contributed by atoms with Gasteiger partial charge in [0, 0.05) is 22.2 Å². The van der Waals surface area contributed by atoms with Crippen molar-refractivity contribution in [2.45, 2.75) is 0 Å². The first kappa shape index (κ1) is 12.2. The van der Waals surface area contributed by atoms with Crippen molar-refractivity contribution in [3.63, 3.8) is 0 Å². The summed E-state index contributed by atoms with van der Waals surface area (Å²) in [4.78, 5) is 0. The summed E-state index contributed by atoms with van der Waals surface area (Å²) in [5.74, 6) is 0.883. The lowest BCUT2D eigenvalue weighted by Crippen LogP contribution is -2.48. The van der Waals surface area contributed by atoms with Crippen LogP contribution in [0.15, 0.2) is 60.7 Å². The van der Waals surface area contributed by atoms with Crippen LogP contribution in [-0.2, 0) is 0 Å². The Bertz CT molecular complexity index is 778. The van der Waals surface area contributed by atoms with Crippen LogP contribution in [0.25, 0.3) is 10.8 Å². The van der Waals surface area contributed by atoms with Crippen molar-refractivity contribution < 1.29 is 4.74 Å². The van der Waals surface area contributed by atoms with E-state index in [1.54, 1.807) is 7.11 Å². The molecule has 0 atom stereocenters. The van der Waals surface area contributed by atoms with E-state index >= 15 is 0 Å². The fraction of sp³-hybridized carbons (Fsp3) is 0.0588. The SMILES string of the molecule is COc1ccccc1B1Nc2cccc3cccc(c23)N1. The number of anilines is 2. The van der Waals surface area contributed by atoms with Crippen molar-refractivity contribution in [3.05, 3.63) is 60.7 Å². The van der Waals surface area contributed by atoms with Crippen LogP contribution >= 0.6 is 0 Å². The molecule has 0 spiro atoms. The van der Waals surface area contributed by atoms with Gasteiger partial charge in [-0.3, -0.25) is 0 Å². The number of nitrogens with one attached hydrogen (secondary N) is 2. The second kappa shape index (κ2) is 4.74. The topological polar surface area (TPSA) is 33.3 Å². The monoisotopic (exact) mass is 274 g/mol. The van der Waals surface area contributed by atoms with Crippen molar-refractivity contribution in [1.29, 1.82) is 0 Å². The number of benzene rings is 3. The van der Waals surface area contributed by atoms with E-state index in [1.165, 1.54) is 10.8 Å². The normalized spacial score (nSPS) is 12.7. The third-order valence-electron chi connectivity index (χ3n) is 3.95. The maximum absolute atomic E-state index is 5.48. The third-order valence-corrected chi connectivity index (χ3v) is 3.95. The van der Waals surface area contributed by atoms with E-state index in [0.717, 1.165) is 22.6 Å². The molecular weight excluding hydrogens is 259 g/mol. The number of methoxy groups -OCH3 is 1. The zero-order chi connectivity index (χ0) is 14.2. The lowest BCUT2D eigenvalue weighted by atomic mass is 9.65. The minimum Gasteiger partial charge on any atom is -0.497 e. The summed E-state index contributed by atoms with van der Waals surface area (Å²) in [6, 6.07) is 20.8. The zero-order valence-corrected chi connectivity index (χ0v) is 11.8. The molecule has 4 rings (SSSR count). The van der Waals surface area contributed by atoms with Crippen LogP contribution in [0, 0.1) is 0 Å². The molecule has 4 heteroatoms. The zero-order valence-electron chi connectivity index (χ0n) is 11.8. The van der Waals surface area contributed by atoms with Crippen molar-refractivity contribution in [2.75, 3.05) is 17.6 Å². The van der Waals surface area contributed by atoms with E-state index in [4.69, 9.17) is 4.74 Å². The van der Waals surface area contributed by atoms with E-state index in [0.29, 0.717) is 0 Å². The van der Waals surface area contributed by atoms with Gasteiger partial charge >= 0.3 is 6.98 Å². The molecule has 3 nitrogen and oxygen atoms in total. The van der Waals surface area contributed by atoms with Gasteiger partial charge in [-0.05, 0) is 23.6 Å². The average molecular weight is 274 g/mol. The van der Waals surface area contributed by atoms with Crippen molar-refractivity contribution in [1.82, 2.24) is 0 Å². The van der Waals surface area contributed by atoms with Gasteiger partial charge in [0.1, 0.15) is 5.75 Å². The van der Waals surface area contributed by atoms with Gasteiger partial charge in [0.05, 0.1) is 7.11 Å². The summed E-state index contributed by atoms with van der Waals surface area (Å²) in [6.07, 6.45) is 0. The number of hydrogen-bond donors (Lipinski definition) is 2. The molecule has 0 aromatic heterocycles. The Hall–Kier alpha value is -2.62. The molecule has 0 aliphatic carbocycles. The van der Waals surface area contributed by atoms with Crippen LogP contribution in [0.3, 0.4) is 0 Å². The maximum atomic E-state index is 5.48. The highest BCUT2D eigenvalue weighted by Crippen LogP contribution is 2.34. The number of para-hydroxylation sites is 1. The highest BCUT2D eigenvalue weighted by molar-refractivity contribution is 6.80. The van der Waals surface area contributed by atoms with Crippen LogP contribution in [-0.4, -0.2) is 14.1 Å². The predicted octanol–water partition coefficient (Wildman–Crippen LogP) is 3.08. The molecule has 21 heavy (non-hydrogen) atoms. The summed E-state index contributed by atoms with van der Waals surface area (Å²) < 4.78 is 5.48. The van der Waals surface area contributed by atoms with Crippen LogP contribution in [0.2, 0.25) is 0 Å². The van der Waals surface area contributed by atoms with Crippen molar-refractivity contribution >= 4 is 34.6 Å². The first-order valence-electron chi connectivity index (χ1n) is 7.04. The molecule has 3 aromatic carbocycles. The molecule has 1 heterocycles. The maximum Gasteiger partial charge on any atom is 0.409 e. The van der Waals surface area contributed by atoms with Gasteiger partial charge in [0.25, 0.3) is 0 Å². The Morgan fingerprint density at radius 1 is 0.810 bits per heavy atom. The van der Waals surface area contributed by atoms with Gasteiger partial charge in [0.15, 0.2) is 0 Å². The minimum absolute atomic E-state index is 0.00153.